The molecular weight excluding hydrogens is 290 g/mol. The van der Waals surface area contributed by atoms with E-state index >= 15 is 0 Å². The fourth-order valence-corrected chi connectivity index (χ4v) is 4.03. The van der Waals surface area contributed by atoms with Crippen molar-refractivity contribution in [3.63, 3.8) is 0 Å². The van der Waals surface area contributed by atoms with E-state index in [1.807, 2.05) is 17.8 Å². The van der Waals surface area contributed by atoms with Gasteiger partial charge in [-0.2, -0.15) is 0 Å². The highest BCUT2D eigenvalue weighted by molar-refractivity contribution is 7.99. The van der Waals surface area contributed by atoms with Gasteiger partial charge in [-0.25, -0.2) is 0 Å². The summed E-state index contributed by atoms with van der Waals surface area (Å²) < 4.78 is 0. The van der Waals surface area contributed by atoms with Gasteiger partial charge in [0.25, 0.3) is 0 Å². The van der Waals surface area contributed by atoms with Crippen molar-refractivity contribution in [2.45, 2.75) is 23.3 Å². The second-order valence-electron chi connectivity index (χ2n) is 5.84. The summed E-state index contributed by atoms with van der Waals surface area (Å²) in [4.78, 5) is 3.71. The number of thioether (sulfide) groups is 1. The number of hydrogen-bond donors (Lipinski definition) is 1. The van der Waals surface area contributed by atoms with E-state index in [0.29, 0.717) is 5.92 Å². The zero-order valence-electron chi connectivity index (χ0n) is 12.8. The molecule has 0 amide bonds. The molecule has 1 saturated heterocycles. The van der Waals surface area contributed by atoms with Crippen molar-refractivity contribution in [2.75, 3.05) is 25.4 Å². The summed E-state index contributed by atoms with van der Waals surface area (Å²) >= 11 is 1.89. The minimum Gasteiger partial charge on any atom is -0.391 e. The maximum atomic E-state index is 10.5. The number of likely N-dealkylation sites (tertiary alicyclic amines) is 1. The van der Waals surface area contributed by atoms with Crippen LogP contribution in [0.1, 0.15) is 17.9 Å². The number of rotatable bonds is 5. The summed E-state index contributed by atoms with van der Waals surface area (Å²) in [6.45, 7) is 2.90. The Labute approximate surface area is 137 Å². The van der Waals surface area contributed by atoms with Crippen LogP contribution in [0, 0.1) is 0 Å². The normalized spacial score (nSPS) is 22.6. The van der Waals surface area contributed by atoms with Crippen LogP contribution in [0.25, 0.3) is 0 Å². The van der Waals surface area contributed by atoms with Crippen LogP contribution in [-0.4, -0.2) is 41.5 Å². The second-order valence-corrected chi connectivity index (χ2v) is 7.00. The van der Waals surface area contributed by atoms with Crippen molar-refractivity contribution in [1.82, 2.24) is 4.90 Å². The quantitative estimate of drug-likeness (QED) is 0.853. The number of hydrogen-bond acceptors (Lipinski definition) is 3. The van der Waals surface area contributed by atoms with Gasteiger partial charge in [0.1, 0.15) is 0 Å². The molecule has 2 nitrogen and oxygen atoms in total. The van der Waals surface area contributed by atoms with Gasteiger partial charge in [-0.1, -0.05) is 48.5 Å². The molecule has 0 spiro atoms. The average molecular weight is 313 g/mol. The first-order valence-corrected chi connectivity index (χ1v) is 8.95. The molecule has 0 radical (unpaired) electrons. The maximum absolute atomic E-state index is 10.5. The van der Waals surface area contributed by atoms with Crippen LogP contribution in [0.5, 0.6) is 0 Å². The van der Waals surface area contributed by atoms with Crippen LogP contribution in [0.3, 0.4) is 0 Å². The highest BCUT2D eigenvalue weighted by Gasteiger charge is 2.28. The summed E-state index contributed by atoms with van der Waals surface area (Å²) in [7, 11) is 0. The Balaban J connectivity index is 1.46. The molecule has 2 aromatic rings. The molecule has 1 aliphatic rings. The Morgan fingerprint density at radius 3 is 2.36 bits per heavy atom. The van der Waals surface area contributed by atoms with Crippen LogP contribution in [0.4, 0.5) is 0 Å². The molecule has 1 fully saturated rings. The number of nitrogens with zero attached hydrogens (tertiary/aromatic N) is 1. The van der Waals surface area contributed by atoms with Crippen molar-refractivity contribution >= 4 is 11.8 Å². The lowest BCUT2D eigenvalue weighted by molar-refractivity contribution is 0.0545. The number of aliphatic hydroxyl groups excluding tert-OH is 1. The molecule has 3 rings (SSSR count). The first-order chi connectivity index (χ1) is 10.8. The molecule has 3 heteroatoms. The number of aliphatic hydroxyl groups is 1. The minimum absolute atomic E-state index is 0.252. The monoisotopic (exact) mass is 313 g/mol. The Kier molecular flexibility index (Phi) is 5.54. The zero-order valence-corrected chi connectivity index (χ0v) is 13.6. The molecule has 0 bridgehead atoms. The molecule has 0 aromatic heterocycles. The lowest BCUT2D eigenvalue weighted by atomic mass is 9.87. The van der Waals surface area contributed by atoms with Gasteiger partial charge in [-0.05, 0) is 30.7 Å². The molecule has 1 heterocycles. The minimum atomic E-state index is -0.252. The molecule has 0 aliphatic carbocycles. The lowest BCUT2D eigenvalue weighted by Crippen LogP contribution is -2.43. The van der Waals surface area contributed by atoms with Gasteiger partial charge in [0.05, 0.1) is 6.10 Å². The first-order valence-electron chi connectivity index (χ1n) is 7.96. The molecule has 0 saturated carbocycles. The van der Waals surface area contributed by atoms with Crippen LogP contribution in [0.15, 0.2) is 65.6 Å². The zero-order chi connectivity index (χ0) is 15.2. The standard InChI is InChI=1S/C19H23NOS/c21-19-15-20(13-14-22-17-9-5-2-6-10-17)12-11-18(19)16-7-3-1-4-8-16/h1-10,18-19,21H,11-15H2/t18-,19-/m1/s1. The first kappa shape index (κ1) is 15.6. The number of piperidine rings is 1. The molecule has 1 aliphatic heterocycles. The SMILES string of the molecule is O[C@@H]1CN(CCSc2ccccc2)CC[C@@H]1c1ccccc1. The van der Waals surface area contributed by atoms with Gasteiger partial charge >= 0.3 is 0 Å². The van der Waals surface area contributed by atoms with Crippen LogP contribution < -0.4 is 0 Å². The van der Waals surface area contributed by atoms with E-state index in [-0.39, 0.29) is 6.10 Å². The van der Waals surface area contributed by atoms with Gasteiger partial charge < -0.3 is 5.11 Å². The van der Waals surface area contributed by atoms with Gasteiger partial charge in [0, 0.05) is 29.7 Å². The van der Waals surface area contributed by atoms with Crippen LogP contribution in [-0.2, 0) is 0 Å². The van der Waals surface area contributed by atoms with E-state index < -0.39 is 0 Å². The summed E-state index contributed by atoms with van der Waals surface area (Å²) in [6, 6.07) is 20.9. The topological polar surface area (TPSA) is 23.5 Å². The van der Waals surface area contributed by atoms with Crippen LogP contribution >= 0.6 is 11.8 Å². The third-order valence-corrected chi connectivity index (χ3v) is 5.31. The van der Waals surface area contributed by atoms with Gasteiger partial charge in [-0.15, -0.1) is 11.8 Å². The van der Waals surface area contributed by atoms with Gasteiger partial charge in [0.2, 0.25) is 0 Å². The molecule has 22 heavy (non-hydrogen) atoms. The maximum Gasteiger partial charge on any atom is 0.0735 e. The number of benzene rings is 2. The van der Waals surface area contributed by atoms with Crippen molar-refractivity contribution in [3.05, 3.63) is 66.2 Å². The molecule has 2 aromatic carbocycles. The van der Waals surface area contributed by atoms with E-state index in [1.54, 1.807) is 0 Å². The Hall–Kier alpha value is -1.29. The van der Waals surface area contributed by atoms with Crippen molar-refractivity contribution in [2.24, 2.45) is 0 Å². The Bertz CT molecular complexity index is 558. The van der Waals surface area contributed by atoms with Gasteiger partial charge in [-0.3, -0.25) is 4.90 Å². The second kappa shape index (κ2) is 7.82. The smallest absolute Gasteiger partial charge is 0.0735 e. The molecular formula is C19H23NOS. The third kappa shape index (κ3) is 4.13. The largest absolute Gasteiger partial charge is 0.391 e. The molecule has 116 valence electrons. The third-order valence-electron chi connectivity index (χ3n) is 4.31. The van der Waals surface area contributed by atoms with E-state index in [4.69, 9.17) is 0 Å². The van der Waals surface area contributed by atoms with E-state index in [9.17, 15) is 5.11 Å². The summed E-state index contributed by atoms with van der Waals surface area (Å²) in [5, 5.41) is 10.5. The highest BCUT2D eigenvalue weighted by Crippen LogP contribution is 2.28. The predicted octanol–water partition coefficient (Wildman–Crippen LogP) is 3.63. The van der Waals surface area contributed by atoms with Crippen molar-refractivity contribution < 1.29 is 5.11 Å². The van der Waals surface area contributed by atoms with Crippen LogP contribution in [0.2, 0.25) is 0 Å². The lowest BCUT2D eigenvalue weighted by Gasteiger charge is -2.36. The summed E-state index contributed by atoms with van der Waals surface area (Å²) in [6.07, 6.45) is 0.791. The predicted molar refractivity (Wildman–Crippen MR) is 93.4 cm³/mol. The summed E-state index contributed by atoms with van der Waals surface area (Å²) in [5.74, 6) is 1.37. The summed E-state index contributed by atoms with van der Waals surface area (Å²) in [5.41, 5.74) is 1.27. The molecule has 0 unspecified atom stereocenters. The fraction of sp³-hybridized carbons (Fsp3) is 0.368. The number of β-amino-alcohol motifs (C(OH)–C–C–N with tert-alkyl or cyclic N) is 1. The molecule has 1 N–H and O–H groups in total. The fourth-order valence-electron chi connectivity index (χ4n) is 3.10. The van der Waals surface area contributed by atoms with Crippen molar-refractivity contribution in [3.8, 4) is 0 Å². The molecule has 2 atom stereocenters. The Morgan fingerprint density at radius 2 is 1.68 bits per heavy atom. The van der Waals surface area contributed by atoms with Gasteiger partial charge in [0.15, 0.2) is 0 Å². The van der Waals surface area contributed by atoms with Crippen molar-refractivity contribution in [1.29, 1.82) is 0 Å². The Morgan fingerprint density at radius 1 is 1.00 bits per heavy atom. The van der Waals surface area contributed by atoms with E-state index in [2.05, 4.69) is 59.5 Å². The average Bonchev–Trinajstić information content (AvgIpc) is 2.57. The highest BCUT2D eigenvalue weighted by atomic mass is 32.2. The van der Waals surface area contributed by atoms with E-state index in [1.165, 1.54) is 10.5 Å². The van der Waals surface area contributed by atoms with E-state index in [0.717, 1.165) is 31.8 Å².